The van der Waals surface area contributed by atoms with Crippen LogP contribution in [-0.4, -0.2) is 49.1 Å². The van der Waals surface area contributed by atoms with Gasteiger partial charge in [0.25, 0.3) is 0 Å². The summed E-state index contributed by atoms with van der Waals surface area (Å²) in [7, 11) is 4.27. The Morgan fingerprint density at radius 2 is 1.10 bits per heavy atom. The van der Waals surface area contributed by atoms with Crippen LogP contribution in [-0.2, 0) is 14.4 Å². The molecule has 0 heterocycles. The molecule has 0 bridgehead atoms. The quantitative estimate of drug-likeness (QED) is 0.140. The molecule has 3 aromatic rings. The monoisotopic (exact) mass is 544 g/mol. The van der Waals surface area contributed by atoms with E-state index in [2.05, 4.69) is 0 Å². The van der Waals surface area contributed by atoms with Gasteiger partial charge in [-0.15, -0.1) is 0 Å². The van der Waals surface area contributed by atoms with E-state index in [0.717, 1.165) is 0 Å². The summed E-state index contributed by atoms with van der Waals surface area (Å²) >= 11 is 0. The van der Waals surface area contributed by atoms with Gasteiger partial charge < -0.3 is 29.2 Å². The fraction of sp³-hybridized carbons (Fsp3) is 0.129. The Morgan fingerprint density at radius 1 is 0.600 bits per heavy atom. The standard InChI is InChI=1S/C31H28O9/c1-37-27-13-7-20(16-26(27)35)9-15-31(36)40-28-14-8-22(18-30(28)39-3)5-11-24(33)19-23(32)10-4-21-6-12-25(34)29(17-21)38-2/h4-18,34-35H,19H2,1-3H3/b10-4+,11-5+,15-9+. The van der Waals surface area contributed by atoms with Crippen LogP contribution in [0.5, 0.6) is 34.5 Å². The summed E-state index contributed by atoms with van der Waals surface area (Å²) in [6.45, 7) is 0. The van der Waals surface area contributed by atoms with Gasteiger partial charge in [0, 0.05) is 6.08 Å². The molecule has 40 heavy (non-hydrogen) atoms. The summed E-state index contributed by atoms with van der Waals surface area (Å²) < 4.78 is 20.7. The maximum absolute atomic E-state index is 12.3. The minimum Gasteiger partial charge on any atom is -0.504 e. The molecule has 0 radical (unpaired) electrons. The molecule has 0 aliphatic rings. The van der Waals surface area contributed by atoms with E-state index in [0.29, 0.717) is 22.4 Å². The first kappa shape index (κ1) is 29.2. The highest BCUT2D eigenvalue weighted by Gasteiger charge is 2.10. The van der Waals surface area contributed by atoms with Crippen LogP contribution in [0.15, 0.2) is 72.8 Å². The molecule has 3 aromatic carbocycles. The number of methoxy groups -OCH3 is 3. The summed E-state index contributed by atoms with van der Waals surface area (Å²) in [5.41, 5.74) is 1.80. The van der Waals surface area contributed by atoms with Gasteiger partial charge in [0.15, 0.2) is 46.1 Å². The third kappa shape index (κ3) is 8.35. The average Bonchev–Trinajstić information content (AvgIpc) is 2.95. The van der Waals surface area contributed by atoms with Crippen molar-refractivity contribution in [2.24, 2.45) is 0 Å². The van der Waals surface area contributed by atoms with Crippen LogP contribution in [0.1, 0.15) is 23.1 Å². The van der Waals surface area contributed by atoms with Crippen LogP contribution in [0.3, 0.4) is 0 Å². The van der Waals surface area contributed by atoms with Crippen molar-refractivity contribution in [1.82, 2.24) is 0 Å². The summed E-state index contributed by atoms with van der Waals surface area (Å²) in [6.07, 6.45) is 7.98. The van der Waals surface area contributed by atoms with Crippen molar-refractivity contribution < 1.29 is 43.5 Å². The lowest BCUT2D eigenvalue weighted by molar-refractivity contribution is -0.129. The summed E-state index contributed by atoms with van der Waals surface area (Å²) in [5.74, 6) is -0.501. The second kappa shape index (κ2) is 14.0. The smallest absolute Gasteiger partial charge is 0.336 e. The van der Waals surface area contributed by atoms with Gasteiger partial charge in [0.2, 0.25) is 0 Å². The molecule has 0 atom stereocenters. The molecule has 0 amide bonds. The molecule has 9 heteroatoms. The molecule has 206 valence electrons. The van der Waals surface area contributed by atoms with E-state index < -0.39 is 11.8 Å². The van der Waals surface area contributed by atoms with Crippen molar-refractivity contribution >= 4 is 35.8 Å². The van der Waals surface area contributed by atoms with Gasteiger partial charge in [-0.3, -0.25) is 9.59 Å². The Balaban J connectivity index is 1.58. The molecular formula is C31H28O9. The number of aromatic hydroxyl groups is 2. The predicted octanol–water partition coefficient (Wildman–Crippen LogP) is 5.00. The van der Waals surface area contributed by atoms with Gasteiger partial charge in [-0.25, -0.2) is 4.79 Å². The topological polar surface area (TPSA) is 129 Å². The molecule has 0 saturated carbocycles. The number of esters is 1. The number of ketones is 2. The Labute approximate surface area is 231 Å². The van der Waals surface area contributed by atoms with E-state index in [1.807, 2.05) is 0 Å². The van der Waals surface area contributed by atoms with Crippen molar-refractivity contribution in [3.63, 3.8) is 0 Å². The predicted molar refractivity (Wildman–Crippen MR) is 150 cm³/mol. The highest BCUT2D eigenvalue weighted by molar-refractivity contribution is 6.10. The van der Waals surface area contributed by atoms with Gasteiger partial charge in [0.1, 0.15) is 0 Å². The fourth-order valence-electron chi connectivity index (χ4n) is 3.46. The normalized spacial score (nSPS) is 11.2. The van der Waals surface area contributed by atoms with E-state index in [1.165, 1.54) is 76.0 Å². The molecule has 0 saturated heterocycles. The Hall–Kier alpha value is -5.31. The van der Waals surface area contributed by atoms with Gasteiger partial charge in [0.05, 0.1) is 27.8 Å². The number of rotatable bonds is 12. The van der Waals surface area contributed by atoms with Crippen LogP contribution in [0.25, 0.3) is 18.2 Å². The second-order valence-corrected chi connectivity index (χ2v) is 8.30. The third-order valence-electron chi connectivity index (χ3n) is 5.49. The zero-order valence-electron chi connectivity index (χ0n) is 22.1. The largest absolute Gasteiger partial charge is 0.504 e. The molecular weight excluding hydrogens is 516 g/mol. The third-order valence-corrected chi connectivity index (χ3v) is 5.49. The highest BCUT2D eigenvalue weighted by Crippen LogP contribution is 2.30. The molecule has 0 unspecified atom stereocenters. The van der Waals surface area contributed by atoms with Crippen LogP contribution in [0.2, 0.25) is 0 Å². The number of benzene rings is 3. The van der Waals surface area contributed by atoms with Gasteiger partial charge in [-0.1, -0.05) is 30.4 Å². The molecule has 0 spiro atoms. The zero-order valence-corrected chi connectivity index (χ0v) is 22.1. The van der Waals surface area contributed by atoms with E-state index in [9.17, 15) is 24.6 Å². The van der Waals surface area contributed by atoms with Crippen molar-refractivity contribution in [2.45, 2.75) is 6.42 Å². The Kier molecular flexibility index (Phi) is 10.2. The van der Waals surface area contributed by atoms with Crippen LogP contribution < -0.4 is 18.9 Å². The lowest BCUT2D eigenvalue weighted by Gasteiger charge is -2.08. The number of hydrogen-bond acceptors (Lipinski definition) is 9. The zero-order chi connectivity index (χ0) is 29.1. The van der Waals surface area contributed by atoms with Crippen molar-refractivity contribution in [3.05, 3.63) is 89.5 Å². The number of ether oxygens (including phenoxy) is 4. The number of hydrogen-bond donors (Lipinski definition) is 2. The Morgan fingerprint density at radius 3 is 1.68 bits per heavy atom. The number of phenolic OH excluding ortho intramolecular Hbond substituents is 2. The number of carbonyl (C=O) groups is 3. The summed E-state index contributed by atoms with van der Waals surface area (Å²) in [5, 5.41) is 19.5. The maximum atomic E-state index is 12.3. The van der Waals surface area contributed by atoms with Gasteiger partial charge >= 0.3 is 5.97 Å². The van der Waals surface area contributed by atoms with E-state index in [-0.39, 0.29) is 41.0 Å². The van der Waals surface area contributed by atoms with Gasteiger partial charge in [-0.2, -0.15) is 0 Å². The Bertz CT molecular complexity index is 1480. The van der Waals surface area contributed by atoms with E-state index >= 15 is 0 Å². The molecule has 0 fully saturated rings. The first-order valence-electron chi connectivity index (χ1n) is 12.0. The van der Waals surface area contributed by atoms with Crippen molar-refractivity contribution in [1.29, 1.82) is 0 Å². The number of phenols is 2. The first-order valence-corrected chi connectivity index (χ1v) is 12.0. The lowest BCUT2D eigenvalue weighted by Crippen LogP contribution is -2.05. The number of allylic oxidation sites excluding steroid dienone is 2. The molecule has 2 N–H and O–H groups in total. The van der Waals surface area contributed by atoms with E-state index in [4.69, 9.17) is 18.9 Å². The summed E-state index contributed by atoms with van der Waals surface area (Å²) in [4.78, 5) is 36.7. The minimum absolute atomic E-state index is 0.0161. The lowest BCUT2D eigenvalue weighted by atomic mass is 10.1. The molecule has 0 aromatic heterocycles. The van der Waals surface area contributed by atoms with Crippen LogP contribution >= 0.6 is 0 Å². The van der Waals surface area contributed by atoms with Crippen LogP contribution in [0, 0.1) is 0 Å². The first-order chi connectivity index (χ1) is 19.2. The second-order valence-electron chi connectivity index (χ2n) is 8.30. The van der Waals surface area contributed by atoms with E-state index in [1.54, 1.807) is 36.4 Å². The SMILES string of the molecule is COc1ccc(/C=C/C(=O)Oc2ccc(/C=C/C(=O)CC(=O)/C=C/c3ccc(O)c(OC)c3)cc2OC)cc1O. The summed E-state index contributed by atoms with van der Waals surface area (Å²) in [6, 6.07) is 14.0. The highest BCUT2D eigenvalue weighted by atomic mass is 16.6. The maximum Gasteiger partial charge on any atom is 0.336 e. The van der Waals surface area contributed by atoms with Gasteiger partial charge in [-0.05, 0) is 71.3 Å². The van der Waals surface area contributed by atoms with Crippen molar-refractivity contribution in [2.75, 3.05) is 21.3 Å². The molecule has 9 nitrogen and oxygen atoms in total. The molecule has 0 aliphatic heterocycles. The fourth-order valence-corrected chi connectivity index (χ4v) is 3.46. The molecule has 3 rings (SSSR count). The van der Waals surface area contributed by atoms with Crippen molar-refractivity contribution in [3.8, 4) is 34.5 Å². The average molecular weight is 545 g/mol. The minimum atomic E-state index is -0.663. The van der Waals surface area contributed by atoms with Crippen LogP contribution in [0.4, 0.5) is 0 Å². The molecule has 0 aliphatic carbocycles. The number of carbonyl (C=O) groups excluding carboxylic acids is 3.